The first-order chi connectivity index (χ1) is 19.4. The van der Waals surface area contributed by atoms with Crippen molar-refractivity contribution >= 4 is 34.6 Å². The molecule has 0 fully saturated rings. The van der Waals surface area contributed by atoms with Gasteiger partial charge in [-0.05, 0) is 70.4 Å². The molecule has 0 radical (unpaired) electrons. The van der Waals surface area contributed by atoms with Crippen LogP contribution in [0.3, 0.4) is 0 Å². The third kappa shape index (κ3) is 7.52. The standard InChI is InChI=1S/C29H34ClN7O3/c1-4-39-27-15-24-22(14-25(27)35-28(38)8-6-12-37(2)3)29(19(16-31)17-32-24)34-20-9-10-26(23(30)13-20)40-18-21-7-5-11-33-36-21/h5,7,9-11,13-15,19,29,32,34H,4,6,8,12,17-18H2,1-3H3,(H,35,38). The number of nitrogens with zero attached hydrogens (tertiary/aromatic N) is 4. The average molecular weight is 564 g/mol. The fourth-order valence-electron chi connectivity index (χ4n) is 4.45. The molecule has 1 aliphatic rings. The second-order valence-corrected chi connectivity index (χ2v) is 10.1. The number of benzene rings is 2. The Kier molecular flexibility index (Phi) is 10.00. The monoisotopic (exact) mass is 563 g/mol. The molecule has 0 saturated carbocycles. The summed E-state index contributed by atoms with van der Waals surface area (Å²) in [6.45, 7) is 3.87. The number of nitriles is 1. The summed E-state index contributed by atoms with van der Waals surface area (Å²) >= 11 is 6.54. The van der Waals surface area contributed by atoms with Crippen LogP contribution in [0.2, 0.25) is 5.02 Å². The summed E-state index contributed by atoms with van der Waals surface area (Å²) in [7, 11) is 3.96. The first-order valence-corrected chi connectivity index (χ1v) is 13.6. The second-order valence-electron chi connectivity index (χ2n) is 9.71. The fourth-order valence-corrected chi connectivity index (χ4v) is 4.69. The van der Waals surface area contributed by atoms with E-state index in [1.165, 1.54) is 0 Å². The summed E-state index contributed by atoms with van der Waals surface area (Å²) in [6.07, 6.45) is 2.74. The van der Waals surface area contributed by atoms with Crippen LogP contribution in [0.25, 0.3) is 0 Å². The second kappa shape index (κ2) is 13.8. The molecule has 3 aromatic rings. The molecule has 2 atom stereocenters. The average Bonchev–Trinajstić information content (AvgIpc) is 2.94. The smallest absolute Gasteiger partial charge is 0.224 e. The highest BCUT2D eigenvalue weighted by Gasteiger charge is 2.31. The lowest BCUT2D eigenvalue weighted by Crippen LogP contribution is -2.31. The molecule has 1 amide bonds. The van der Waals surface area contributed by atoms with Gasteiger partial charge in [-0.3, -0.25) is 4.79 Å². The molecule has 4 rings (SSSR count). The van der Waals surface area contributed by atoms with Crippen LogP contribution in [-0.4, -0.2) is 54.8 Å². The SMILES string of the molecule is CCOc1cc2c(cc1NC(=O)CCCN(C)C)C(Nc1ccc(OCc3cccnn3)c(Cl)c1)C(C#N)CN2. The number of aromatic nitrogens is 2. The fraction of sp³-hybridized carbons (Fsp3) is 0.379. The summed E-state index contributed by atoms with van der Waals surface area (Å²) in [6, 6.07) is 14.8. The van der Waals surface area contributed by atoms with Gasteiger partial charge >= 0.3 is 0 Å². The molecule has 40 heavy (non-hydrogen) atoms. The first kappa shape index (κ1) is 28.9. The van der Waals surface area contributed by atoms with Crippen molar-refractivity contribution in [1.29, 1.82) is 5.26 Å². The third-order valence-corrected chi connectivity index (χ3v) is 6.70. The molecular formula is C29H34ClN7O3. The van der Waals surface area contributed by atoms with E-state index in [2.05, 4.69) is 32.2 Å². The summed E-state index contributed by atoms with van der Waals surface area (Å²) in [5.41, 5.74) is 3.69. The Balaban J connectivity index is 1.55. The van der Waals surface area contributed by atoms with Gasteiger partial charge in [-0.2, -0.15) is 15.5 Å². The molecule has 3 N–H and O–H groups in total. The van der Waals surface area contributed by atoms with E-state index >= 15 is 0 Å². The molecule has 11 heteroatoms. The lowest BCUT2D eigenvalue weighted by molar-refractivity contribution is -0.116. The maximum absolute atomic E-state index is 12.7. The van der Waals surface area contributed by atoms with Gasteiger partial charge in [0.2, 0.25) is 5.91 Å². The Morgan fingerprint density at radius 2 is 2.08 bits per heavy atom. The van der Waals surface area contributed by atoms with Crippen LogP contribution in [0.15, 0.2) is 48.7 Å². The minimum absolute atomic E-state index is 0.0864. The first-order valence-electron chi connectivity index (χ1n) is 13.2. The number of ether oxygens (including phenoxy) is 2. The van der Waals surface area contributed by atoms with Gasteiger partial charge in [-0.1, -0.05) is 11.6 Å². The van der Waals surface area contributed by atoms with Gasteiger partial charge in [0.15, 0.2) is 0 Å². The normalized spacial score (nSPS) is 15.9. The van der Waals surface area contributed by atoms with Gasteiger partial charge in [-0.15, -0.1) is 0 Å². The van der Waals surface area contributed by atoms with Gasteiger partial charge in [0, 0.05) is 42.2 Å². The Morgan fingerprint density at radius 1 is 1.23 bits per heavy atom. The van der Waals surface area contributed by atoms with Gasteiger partial charge in [-0.25, -0.2) is 0 Å². The number of amides is 1. The van der Waals surface area contributed by atoms with Crippen molar-refractivity contribution in [2.75, 3.05) is 49.7 Å². The van der Waals surface area contributed by atoms with Crippen molar-refractivity contribution in [2.45, 2.75) is 32.4 Å². The Bertz CT molecular complexity index is 1350. The molecule has 0 bridgehead atoms. The van der Waals surface area contributed by atoms with E-state index < -0.39 is 0 Å². The predicted molar refractivity (Wildman–Crippen MR) is 156 cm³/mol. The quantitative estimate of drug-likeness (QED) is 0.276. The number of rotatable bonds is 12. The summed E-state index contributed by atoms with van der Waals surface area (Å²) < 4.78 is 11.7. The lowest BCUT2D eigenvalue weighted by Gasteiger charge is -2.33. The van der Waals surface area contributed by atoms with Crippen molar-refractivity contribution in [3.63, 3.8) is 0 Å². The van der Waals surface area contributed by atoms with Gasteiger partial charge in [0.1, 0.15) is 23.8 Å². The van der Waals surface area contributed by atoms with Gasteiger partial charge < -0.3 is 30.3 Å². The highest BCUT2D eigenvalue weighted by molar-refractivity contribution is 6.32. The summed E-state index contributed by atoms with van der Waals surface area (Å²) in [5.74, 6) is 0.634. The molecule has 1 aliphatic heterocycles. The van der Waals surface area contributed by atoms with Crippen molar-refractivity contribution in [3.05, 3.63) is 64.9 Å². The zero-order chi connectivity index (χ0) is 28.5. The van der Waals surface area contributed by atoms with E-state index in [0.717, 1.165) is 29.9 Å². The minimum atomic E-state index is -0.375. The number of carbonyl (C=O) groups is 1. The number of hydrogen-bond donors (Lipinski definition) is 3. The Labute approximate surface area is 239 Å². The third-order valence-electron chi connectivity index (χ3n) is 6.41. The largest absolute Gasteiger partial charge is 0.492 e. The van der Waals surface area contributed by atoms with Crippen LogP contribution in [0.5, 0.6) is 11.5 Å². The summed E-state index contributed by atoms with van der Waals surface area (Å²) in [4.78, 5) is 14.8. The molecule has 10 nitrogen and oxygen atoms in total. The van der Waals surface area contributed by atoms with E-state index in [1.54, 1.807) is 24.4 Å². The zero-order valence-corrected chi connectivity index (χ0v) is 23.7. The minimum Gasteiger partial charge on any atom is -0.492 e. The van der Waals surface area contributed by atoms with Crippen LogP contribution in [0, 0.1) is 17.2 Å². The Morgan fingerprint density at radius 3 is 2.77 bits per heavy atom. The molecule has 1 aromatic heterocycles. The van der Waals surface area contributed by atoms with Crippen molar-refractivity contribution < 1.29 is 14.3 Å². The zero-order valence-electron chi connectivity index (χ0n) is 22.9. The van der Waals surface area contributed by atoms with Crippen LogP contribution < -0.4 is 25.4 Å². The Hall–Kier alpha value is -4.07. The van der Waals surface area contributed by atoms with E-state index in [-0.39, 0.29) is 24.5 Å². The molecule has 2 unspecified atom stereocenters. The predicted octanol–water partition coefficient (Wildman–Crippen LogP) is 5.11. The molecule has 0 saturated heterocycles. The van der Waals surface area contributed by atoms with E-state index in [4.69, 9.17) is 21.1 Å². The molecular weight excluding hydrogens is 530 g/mol. The topological polar surface area (TPSA) is 124 Å². The van der Waals surface area contributed by atoms with Crippen LogP contribution in [0.4, 0.5) is 17.1 Å². The molecule has 0 aliphatic carbocycles. The lowest BCUT2D eigenvalue weighted by atomic mass is 9.88. The van der Waals surface area contributed by atoms with Gasteiger partial charge in [0.25, 0.3) is 0 Å². The number of anilines is 3. The van der Waals surface area contributed by atoms with Crippen molar-refractivity contribution in [2.24, 2.45) is 5.92 Å². The summed E-state index contributed by atoms with van der Waals surface area (Å²) in [5, 5.41) is 28.1. The molecule has 0 spiro atoms. The molecule has 2 heterocycles. The van der Waals surface area contributed by atoms with Gasteiger partial charge in [0.05, 0.1) is 35.3 Å². The molecule has 2 aromatic carbocycles. The number of halogens is 1. The van der Waals surface area contributed by atoms with Crippen LogP contribution in [-0.2, 0) is 11.4 Å². The van der Waals surface area contributed by atoms with Crippen LogP contribution in [0.1, 0.15) is 37.1 Å². The van der Waals surface area contributed by atoms with Crippen LogP contribution >= 0.6 is 11.6 Å². The molecule has 210 valence electrons. The van der Waals surface area contributed by atoms with E-state index in [1.807, 2.05) is 50.2 Å². The highest BCUT2D eigenvalue weighted by atomic mass is 35.5. The van der Waals surface area contributed by atoms with E-state index in [0.29, 0.717) is 47.5 Å². The maximum Gasteiger partial charge on any atom is 0.224 e. The van der Waals surface area contributed by atoms with E-state index in [9.17, 15) is 10.1 Å². The number of carbonyl (C=O) groups excluding carboxylic acids is 1. The highest BCUT2D eigenvalue weighted by Crippen LogP contribution is 2.42. The number of fused-ring (bicyclic) bond motifs is 1. The van der Waals surface area contributed by atoms with Crippen molar-refractivity contribution in [1.82, 2.24) is 15.1 Å². The van der Waals surface area contributed by atoms with Crippen molar-refractivity contribution in [3.8, 4) is 17.6 Å². The number of hydrogen-bond acceptors (Lipinski definition) is 9. The number of nitrogens with one attached hydrogen (secondary N) is 3. The maximum atomic E-state index is 12.7.